The lowest BCUT2D eigenvalue weighted by atomic mass is 9.44. The Morgan fingerprint density at radius 2 is 1.05 bits per heavy atom. The van der Waals surface area contributed by atoms with Gasteiger partial charge in [-0.1, -0.05) is 177 Å². The van der Waals surface area contributed by atoms with E-state index in [4.69, 9.17) is 87.6 Å². The number of ketones is 2. The van der Waals surface area contributed by atoms with E-state index < -0.39 is 95.0 Å². The number of benzene rings is 4. The average Bonchev–Trinajstić information content (AvgIpc) is 1.50. The van der Waals surface area contributed by atoms with Crippen LogP contribution in [0.2, 0.25) is 0 Å². The van der Waals surface area contributed by atoms with E-state index in [0.717, 1.165) is 51.4 Å². The molecular formula is C81H104Cl3NO17. The van der Waals surface area contributed by atoms with Gasteiger partial charge in [-0.2, -0.15) is 0 Å². The number of hydrogen-bond donors (Lipinski definition) is 2. The molecule has 11 rings (SSSR count). The molecule has 102 heavy (non-hydrogen) atoms. The molecule has 25 atom stereocenters. The molecule has 3 heterocycles. The SMILES string of the molecule is CC1O[C@@H](OC(=N)C(Cl)(Cl)Cl)C(OC(=O)c2ccccc2)[C@@H](OC(=O)c2ccccc2)[C@H]1C.CCC1O[C@@H](OC2CCC3(C)C(CCC4C3CCC3(C)C4CC(=O)C3[C@H](C)C(=O)CC[C@H](C)CO[C@@H]3OC(CC)[C@@H](C)[C@H](OC(=O)c4ccccc4)C3OC(=O)c3ccccc3)C2)C(O)[C@@H](C)[C@@H]1C. The minimum Gasteiger partial charge on any atom is -0.454 e. The van der Waals surface area contributed by atoms with Crippen LogP contribution < -0.4 is 0 Å². The first kappa shape index (κ1) is 78.8. The number of esters is 4. The molecule has 18 nitrogen and oxygen atoms in total. The highest BCUT2D eigenvalue weighted by Crippen LogP contribution is 2.68. The lowest BCUT2D eigenvalue weighted by Crippen LogP contribution is -2.57. The van der Waals surface area contributed by atoms with Gasteiger partial charge in [-0.25, -0.2) is 19.2 Å². The minimum absolute atomic E-state index is 0.0600. The number of carbonyl (C=O) groups is 6. The summed E-state index contributed by atoms with van der Waals surface area (Å²) in [6.07, 6.45) is 1.97. The van der Waals surface area contributed by atoms with Crippen LogP contribution in [0.25, 0.3) is 0 Å². The number of aliphatic hydroxyl groups excluding tert-OH is 1. The third kappa shape index (κ3) is 17.7. The van der Waals surface area contributed by atoms with Gasteiger partial charge in [0.05, 0.1) is 53.3 Å². The number of rotatable bonds is 21. The molecule has 4 aliphatic carbocycles. The molecule has 0 aromatic heterocycles. The number of fused-ring (bicyclic) bond motifs is 5. The zero-order valence-corrected chi connectivity index (χ0v) is 62.9. The zero-order valence-electron chi connectivity index (χ0n) is 60.6. The summed E-state index contributed by atoms with van der Waals surface area (Å²) >= 11 is 17.3. The van der Waals surface area contributed by atoms with Gasteiger partial charge in [0.15, 0.2) is 24.8 Å². The molecule has 7 fully saturated rings. The molecule has 0 radical (unpaired) electrons. The summed E-state index contributed by atoms with van der Waals surface area (Å²) in [6, 6.07) is 34.1. The Balaban J connectivity index is 0.000000284. The summed E-state index contributed by atoms with van der Waals surface area (Å²) in [6.45, 7) is 23.0. The number of carbonyl (C=O) groups excluding carboxylic acids is 6. The second-order valence-electron chi connectivity index (χ2n) is 30.5. The highest BCUT2D eigenvalue weighted by atomic mass is 35.6. The van der Waals surface area contributed by atoms with Gasteiger partial charge in [0.1, 0.15) is 23.8 Å². The van der Waals surface area contributed by atoms with Crippen LogP contribution >= 0.6 is 34.8 Å². The molecule has 556 valence electrons. The van der Waals surface area contributed by atoms with Crippen LogP contribution in [0.5, 0.6) is 0 Å². The third-order valence-corrected chi connectivity index (χ3v) is 24.9. The summed E-state index contributed by atoms with van der Waals surface area (Å²) in [5.74, 6) is -1.90. The van der Waals surface area contributed by atoms with Gasteiger partial charge < -0.3 is 52.5 Å². The van der Waals surface area contributed by atoms with Crippen LogP contribution in [-0.4, -0.2) is 131 Å². The Morgan fingerprint density at radius 3 is 1.56 bits per heavy atom. The first-order valence-corrected chi connectivity index (χ1v) is 38.0. The van der Waals surface area contributed by atoms with Gasteiger partial charge in [0.2, 0.25) is 18.3 Å². The predicted molar refractivity (Wildman–Crippen MR) is 386 cm³/mol. The van der Waals surface area contributed by atoms with Crippen LogP contribution in [0.1, 0.15) is 195 Å². The second kappa shape index (κ2) is 34.2. The van der Waals surface area contributed by atoms with Gasteiger partial charge in [-0.05, 0) is 172 Å². The molecule has 7 aliphatic rings. The molecule has 3 aliphatic heterocycles. The predicted octanol–water partition coefficient (Wildman–Crippen LogP) is 16.0. The van der Waals surface area contributed by atoms with E-state index in [9.17, 15) is 33.9 Å². The van der Waals surface area contributed by atoms with Crippen molar-refractivity contribution in [3.63, 3.8) is 0 Å². The highest BCUT2D eigenvalue weighted by Gasteiger charge is 2.64. The maximum Gasteiger partial charge on any atom is 0.338 e. The lowest BCUT2D eigenvalue weighted by molar-refractivity contribution is -0.291. The molecule has 3 saturated heterocycles. The van der Waals surface area contributed by atoms with Crippen molar-refractivity contribution < 1.29 is 81.2 Å². The summed E-state index contributed by atoms with van der Waals surface area (Å²) in [7, 11) is 0. The van der Waals surface area contributed by atoms with Gasteiger partial charge in [-0.3, -0.25) is 15.0 Å². The third-order valence-electron chi connectivity index (χ3n) is 24.4. The Hall–Kier alpha value is -5.80. The number of aliphatic hydroxyl groups is 1. The molecular weight excluding hydrogens is 1370 g/mol. The number of halogens is 3. The molecule has 4 saturated carbocycles. The molecule has 14 unspecified atom stereocenters. The first-order valence-electron chi connectivity index (χ1n) is 36.9. The topological polar surface area (TPSA) is 239 Å². The Morgan fingerprint density at radius 1 is 0.578 bits per heavy atom. The number of hydrogen-bond acceptors (Lipinski definition) is 18. The molecule has 0 bridgehead atoms. The molecule has 4 aromatic carbocycles. The monoisotopic (exact) mass is 1470 g/mol. The maximum atomic E-state index is 14.2. The summed E-state index contributed by atoms with van der Waals surface area (Å²) < 4.78 is 58.7. The van der Waals surface area contributed by atoms with E-state index in [-0.39, 0.29) is 94.3 Å². The molecule has 21 heteroatoms. The second-order valence-corrected chi connectivity index (χ2v) is 32.8. The van der Waals surface area contributed by atoms with Crippen LogP contribution in [0.15, 0.2) is 121 Å². The standard InChI is InChI=1S/C58H82O11.C23H22Cl3NO6/c1-10-47-34(4)35(5)50(61)55(66-47)65-41-26-28-57(8)40(30-41)23-24-42-43(57)27-29-58(9)44(42)31-46(60)49(58)36(6)45(59)25-22-33(3)32-64-56-52(69-54(63)39-20-16-13-17-21-39)51(37(7)48(11-2)67-56)68-53(62)38-18-14-12-15-19-38;1-13-14(2)30-21(33-22(27)23(24,25)26)18(32-20(29)16-11-7-4-8-12-16)17(13)31-19(28)15-9-5-3-6-10-15/h12-21,33-37,40-44,47-52,55-56,61H,10-11,22-32H2,1-9H3;3-14,17-18,21,27H,1-2H3/t33-,34-,35-,36+,37+,40?,41?,42?,43?,44?,47?,48?,49?,50?,51-,52?,55+,56+,57?,58?;13-,14?,17-,18?,21-/m00/s1. The fourth-order valence-electron chi connectivity index (χ4n) is 17.9. The average molecular weight is 1470 g/mol. The quantitative estimate of drug-likeness (QED) is 0.0197. The van der Waals surface area contributed by atoms with Crippen molar-refractivity contribution in [1.82, 2.24) is 0 Å². The molecule has 0 spiro atoms. The fraction of sp³-hybridized carbons (Fsp3) is 0.617. The van der Waals surface area contributed by atoms with E-state index in [1.807, 2.05) is 39.8 Å². The first-order chi connectivity index (χ1) is 48.6. The number of ether oxygens (including phenoxy) is 10. The number of nitrogens with one attached hydrogen (secondary N) is 1. The van der Waals surface area contributed by atoms with Crippen LogP contribution in [0.4, 0.5) is 0 Å². The maximum absolute atomic E-state index is 14.2. The highest BCUT2D eigenvalue weighted by molar-refractivity contribution is 6.76. The number of alkyl halides is 3. The van der Waals surface area contributed by atoms with Crippen molar-refractivity contribution in [2.75, 3.05) is 6.61 Å². The molecule has 0 amide bonds. The summed E-state index contributed by atoms with van der Waals surface area (Å²) in [5.41, 5.74) is 1.32. The van der Waals surface area contributed by atoms with E-state index >= 15 is 0 Å². The van der Waals surface area contributed by atoms with E-state index in [1.54, 1.807) is 123 Å². The van der Waals surface area contributed by atoms with Gasteiger partial charge in [0.25, 0.3) is 3.79 Å². The van der Waals surface area contributed by atoms with Crippen LogP contribution in [0.3, 0.4) is 0 Å². The van der Waals surface area contributed by atoms with E-state index in [0.29, 0.717) is 60.1 Å². The normalized spacial score (nSPS) is 35.6. The minimum atomic E-state index is -2.17. The van der Waals surface area contributed by atoms with Crippen molar-refractivity contribution in [2.24, 2.45) is 75.9 Å². The smallest absolute Gasteiger partial charge is 0.338 e. The largest absolute Gasteiger partial charge is 0.454 e. The summed E-state index contributed by atoms with van der Waals surface area (Å²) in [5, 5.41) is 19.1. The Bertz CT molecular complexity index is 3490. The van der Waals surface area contributed by atoms with Crippen molar-refractivity contribution in [2.45, 2.75) is 231 Å². The zero-order chi connectivity index (χ0) is 73.5. The van der Waals surface area contributed by atoms with E-state index in [2.05, 4.69) is 34.6 Å². The fourth-order valence-corrected chi connectivity index (χ4v) is 18.1. The Labute approximate surface area is 616 Å². The number of Topliss-reactive ketones (excluding diaryl/α,β-unsaturated/α-hetero) is 2. The lowest BCUT2D eigenvalue weighted by Gasteiger charge is -2.61. The molecule has 4 aromatic rings. The van der Waals surface area contributed by atoms with Gasteiger partial charge in [0, 0.05) is 36.5 Å². The van der Waals surface area contributed by atoms with Crippen molar-refractivity contribution in [3.05, 3.63) is 144 Å². The van der Waals surface area contributed by atoms with Crippen molar-refractivity contribution in [1.29, 1.82) is 5.41 Å². The van der Waals surface area contributed by atoms with Gasteiger partial charge >= 0.3 is 23.9 Å². The van der Waals surface area contributed by atoms with Crippen molar-refractivity contribution in [3.8, 4) is 0 Å². The van der Waals surface area contributed by atoms with Crippen molar-refractivity contribution >= 4 is 76.1 Å². The Kier molecular flexibility index (Phi) is 26.4. The van der Waals surface area contributed by atoms with Gasteiger partial charge in [-0.15, -0.1) is 0 Å². The van der Waals surface area contributed by atoms with E-state index in [1.165, 1.54) is 0 Å². The molecule has 2 N–H and O–H groups in total. The van der Waals surface area contributed by atoms with Crippen LogP contribution in [0, 0.1) is 81.3 Å². The summed E-state index contributed by atoms with van der Waals surface area (Å²) in [4.78, 5) is 81.1. The van der Waals surface area contributed by atoms with Crippen LogP contribution in [-0.2, 0) is 57.0 Å².